The molecule has 2 fully saturated rings. The van der Waals surface area contributed by atoms with E-state index in [1.807, 2.05) is 24.3 Å². The first kappa shape index (κ1) is 27.4. The fourth-order valence-electron chi connectivity index (χ4n) is 7.62. The van der Waals surface area contributed by atoms with Crippen LogP contribution in [-0.4, -0.2) is 86.0 Å². The monoisotopic (exact) mass is 561 g/mol. The third-order valence-electron chi connectivity index (χ3n) is 9.67. The van der Waals surface area contributed by atoms with Gasteiger partial charge >= 0.3 is 0 Å². The molecule has 3 aliphatic carbocycles. The fourth-order valence-corrected chi connectivity index (χ4v) is 7.62. The second-order valence-corrected chi connectivity index (χ2v) is 12.2. The molecule has 6 N–H and O–H groups in total. The van der Waals surface area contributed by atoms with Crippen molar-refractivity contribution in [2.45, 2.75) is 56.8 Å². The summed E-state index contributed by atoms with van der Waals surface area (Å²) in [5.74, 6) is -6.43. The molecule has 216 valence electrons. The molecule has 0 radical (unpaired) electrons. The van der Waals surface area contributed by atoms with E-state index in [2.05, 4.69) is 11.8 Å². The van der Waals surface area contributed by atoms with Crippen molar-refractivity contribution >= 4 is 34.0 Å². The number of aliphatic hydroxyl groups excluding tert-OH is 2. The van der Waals surface area contributed by atoms with Crippen molar-refractivity contribution in [3.63, 3.8) is 0 Å². The molecule has 2 aromatic rings. The number of rotatable bonds is 4. The average Bonchev–Trinajstić information content (AvgIpc) is 3.30. The molecule has 6 rings (SSSR count). The maximum Gasteiger partial charge on any atom is 0.255 e. The number of ketones is 2. The first-order valence-electron chi connectivity index (χ1n) is 14.0. The Morgan fingerprint density at radius 2 is 1.90 bits per heavy atom. The first-order chi connectivity index (χ1) is 19.4. The molecule has 41 heavy (non-hydrogen) atoms. The predicted molar refractivity (Wildman–Crippen MR) is 151 cm³/mol. The van der Waals surface area contributed by atoms with Gasteiger partial charge in [0.25, 0.3) is 5.91 Å². The van der Waals surface area contributed by atoms with E-state index in [1.165, 1.54) is 4.90 Å². The number of amides is 1. The lowest BCUT2D eigenvalue weighted by Crippen LogP contribution is -2.65. The van der Waals surface area contributed by atoms with Gasteiger partial charge in [-0.15, -0.1) is 0 Å². The number of nitrogens with two attached hydrogens (primary N) is 1. The normalized spacial score (nSPS) is 30.2. The van der Waals surface area contributed by atoms with Crippen LogP contribution in [0.25, 0.3) is 16.5 Å². The largest absolute Gasteiger partial charge is 0.508 e. The quantitative estimate of drug-likeness (QED) is 0.352. The lowest BCUT2D eigenvalue weighted by atomic mass is 9.57. The third kappa shape index (κ3) is 3.84. The van der Waals surface area contributed by atoms with Crippen LogP contribution >= 0.6 is 0 Å². The lowest BCUT2D eigenvalue weighted by molar-refractivity contribution is -0.153. The smallest absolute Gasteiger partial charge is 0.255 e. The van der Waals surface area contributed by atoms with Gasteiger partial charge in [0, 0.05) is 29.5 Å². The molecule has 10 nitrogen and oxygen atoms in total. The molecule has 5 atom stereocenters. The summed E-state index contributed by atoms with van der Waals surface area (Å²) >= 11 is 0. The fraction of sp³-hybridized carbons (Fsp3) is 0.452. The molecule has 10 heteroatoms. The van der Waals surface area contributed by atoms with Crippen LogP contribution in [0.1, 0.15) is 42.9 Å². The van der Waals surface area contributed by atoms with Crippen molar-refractivity contribution in [3.05, 3.63) is 57.9 Å². The Morgan fingerprint density at radius 3 is 2.54 bits per heavy atom. The number of hydrogen-bond acceptors (Lipinski definition) is 9. The van der Waals surface area contributed by atoms with Gasteiger partial charge in [0.15, 0.2) is 11.4 Å². The number of likely N-dealkylation sites (N-methyl/N-ethyl adjacent to an activating group) is 1. The number of Topliss-reactive ketones (excluding diaryl/α,β-unsaturated/α-hetero) is 2. The molecule has 0 aromatic heterocycles. The van der Waals surface area contributed by atoms with E-state index in [0.29, 0.717) is 17.0 Å². The van der Waals surface area contributed by atoms with E-state index in [-0.39, 0.29) is 29.7 Å². The topological polar surface area (TPSA) is 165 Å². The molecule has 0 bridgehead atoms. The third-order valence-corrected chi connectivity index (χ3v) is 9.67. The summed E-state index contributed by atoms with van der Waals surface area (Å²) in [7, 11) is 3.16. The molecule has 2 aromatic carbocycles. The number of aliphatic hydroxyl groups is 3. The van der Waals surface area contributed by atoms with E-state index in [1.54, 1.807) is 14.1 Å². The number of hydrogen-bond donors (Lipinski definition) is 5. The number of carbonyl (C=O) groups excluding carboxylic acids is 3. The summed E-state index contributed by atoms with van der Waals surface area (Å²) < 4.78 is 0. The van der Waals surface area contributed by atoms with E-state index in [0.717, 1.165) is 36.9 Å². The Morgan fingerprint density at radius 1 is 1.17 bits per heavy atom. The number of carbonyl (C=O) groups is 3. The van der Waals surface area contributed by atoms with Crippen LogP contribution in [0.15, 0.2) is 41.2 Å². The predicted octanol–water partition coefficient (Wildman–Crippen LogP) is 2.10. The number of phenols is 1. The first-order valence-corrected chi connectivity index (χ1v) is 14.0. The number of fused-ring (bicyclic) bond motifs is 4. The van der Waals surface area contributed by atoms with Crippen LogP contribution in [-0.2, 0) is 27.3 Å². The maximum absolute atomic E-state index is 14.0. The van der Waals surface area contributed by atoms with E-state index in [9.17, 15) is 34.8 Å². The number of nitrogens with zero attached hydrogens (tertiary/aromatic N) is 2. The molecule has 1 saturated heterocycles. The summed E-state index contributed by atoms with van der Waals surface area (Å²) in [5.41, 5.74) is 3.55. The van der Waals surface area contributed by atoms with Crippen LogP contribution in [0.4, 0.5) is 0 Å². The van der Waals surface area contributed by atoms with Gasteiger partial charge in [-0.25, -0.2) is 0 Å². The molecule has 0 unspecified atom stereocenters. The Hall–Kier alpha value is -3.73. The molecule has 4 aliphatic rings. The highest BCUT2D eigenvalue weighted by Gasteiger charge is 2.64. The highest BCUT2D eigenvalue weighted by atomic mass is 16.3. The van der Waals surface area contributed by atoms with E-state index in [4.69, 9.17) is 5.73 Å². The summed E-state index contributed by atoms with van der Waals surface area (Å²) in [6.07, 6.45) is 2.63. The van der Waals surface area contributed by atoms with Crippen molar-refractivity contribution < 1.29 is 34.8 Å². The van der Waals surface area contributed by atoms with E-state index >= 15 is 0 Å². The van der Waals surface area contributed by atoms with Crippen molar-refractivity contribution in [3.8, 4) is 5.75 Å². The van der Waals surface area contributed by atoms with Crippen LogP contribution in [0.3, 0.4) is 0 Å². The molecular formula is C31H35N3O7. The zero-order chi connectivity index (χ0) is 29.5. The summed E-state index contributed by atoms with van der Waals surface area (Å²) in [6, 6.07) is 7.14. The van der Waals surface area contributed by atoms with Gasteiger partial charge in [-0.3, -0.25) is 24.2 Å². The number of benzene rings is 2. The average molecular weight is 562 g/mol. The van der Waals surface area contributed by atoms with Crippen molar-refractivity contribution in [2.75, 3.05) is 20.6 Å². The second-order valence-electron chi connectivity index (χ2n) is 12.2. The number of primary amides is 1. The number of likely N-dealkylation sites (tertiary alicyclic amines) is 1. The summed E-state index contributed by atoms with van der Waals surface area (Å²) in [6.45, 7) is 3.94. The lowest BCUT2D eigenvalue weighted by Gasteiger charge is -2.50. The van der Waals surface area contributed by atoms with Gasteiger partial charge < -0.3 is 26.2 Å². The van der Waals surface area contributed by atoms with Gasteiger partial charge in [0.05, 0.1) is 11.6 Å². The Kier molecular flexibility index (Phi) is 6.29. The zero-order valence-electron chi connectivity index (χ0n) is 23.3. The second kappa shape index (κ2) is 9.40. The van der Waals surface area contributed by atoms with Gasteiger partial charge in [-0.1, -0.05) is 18.2 Å². The van der Waals surface area contributed by atoms with E-state index < -0.39 is 58.0 Å². The van der Waals surface area contributed by atoms with Gasteiger partial charge in [0.1, 0.15) is 22.8 Å². The standard InChI is InChI=1S/C31H35N3O7/c1-14-5-4-8-34(14)13-15-6-7-16-10-17-11-18-12-20-24(33(2)3)27(37)23(30(32)40)29(39)31(20,41)28(38)22(18)26(36)21(17)25(35)19(16)9-15/h6-7,9-10,14,18,20,24,35-36,39,41H,4-5,8,11-13H2,1-3H3,(H2,32,40)/t14-,18-,20-,24-,31-/m0/s1. The summed E-state index contributed by atoms with van der Waals surface area (Å²) in [4.78, 5) is 43.2. The van der Waals surface area contributed by atoms with Crippen LogP contribution in [0.5, 0.6) is 5.75 Å². The minimum absolute atomic E-state index is 0.0670. The van der Waals surface area contributed by atoms with Crippen LogP contribution in [0, 0.1) is 11.8 Å². The molecule has 1 amide bonds. The maximum atomic E-state index is 14.0. The molecule has 1 saturated carbocycles. The molecule has 0 spiro atoms. The Bertz CT molecular complexity index is 1590. The SMILES string of the molecule is C[C@H]1CCCN1Cc1ccc2cc3c(c(O)c2c1)C(O)=C1C(=O)[C@]2(O)C(O)=C(C(N)=O)C(=O)[C@@H](N(C)C)[C@@H]2C[C@@H]1C3. The zero-order valence-corrected chi connectivity index (χ0v) is 23.3. The van der Waals surface area contributed by atoms with Gasteiger partial charge in [-0.2, -0.15) is 0 Å². The van der Waals surface area contributed by atoms with Crippen LogP contribution in [0.2, 0.25) is 0 Å². The molecule has 1 aliphatic heterocycles. The van der Waals surface area contributed by atoms with Crippen LogP contribution < -0.4 is 5.73 Å². The highest BCUT2D eigenvalue weighted by Crippen LogP contribution is 2.53. The number of aromatic hydroxyl groups is 1. The summed E-state index contributed by atoms with van der Waals surface area (Å²) in [5, 5.41) is 47.0. The van der Waals surface area contributed by atoms with Crippen molar-refractivity contribution in [1.82, 2.24) is 9.80 Å². The Labute approximate surface area is 237 Å². The Balaban J connectivity index is 1.48. The highest BCUT2D eigenvalue weighted by molar-refractivity contribution is 6.24. The molecular weight excluding hydrogens is 526 g/mol. The number of phenolic OH excluding ortho intramolecular Hbond substituents is 1. The minimum atomic E-state index is -2.64. The molecule has 1 heterocycles. The van der Waals surface area contributed by atoms with Gasteiger partial charge in [0.2, 0.25) is 5.78 Å². The van der Waals surface area contributed by atoms with Gasteiger partial charge in [-0.05, 0) is 81.7 Å². The minimum Gasteiger partial charge on any atom is -0.508 e. The van der Waals surface area contributed by atoms with Crippen molar-refractivity contribution in [2.24, 2.45) is 17.6 Å². The van der Waals surface area contributed by atoms with Crippen molar-refractivity contribution in [1.29, 1.82) is 0 Å².